The van der Waals surface area contributed by atoms with Crippen LogP contribution in [0.4, 0.5) is 5.69 Å². The van der Waals surface area contributed by atoms with Gasteiger partial charge in [0.05, 0.1) is 23.3 Å². The Morgan fingerprint density at radius 2 is 1.87 bits per heavy atom. The second-order valence-electron chi connectivity index (χ2n) is 8.33. The van der Waals surface area contributed by atoms with Gasteiger partial charge in [0.25, 0.3) is 0 Å². The Hall–Kier alpha value is -3.28. The molecule has 31 heavy (non-hydrogen) atoms. The van der Waals surface area contributed by atoms with Gasteiger partial charge in [-0.2, -0.15) is 0 Å². The van der Waals surface area contributed by atoms with E-state index in [0.717, 1.165) is 42.8 Å². The Morgan fingerprint density at radius 3 is 2.58 bits per heavy atom. The minimum atomic E-state index is -0.376. The highest BCUT2D eigenvalue weighted by atomic mass is 16.3. The molecular weight excluding hydrogens is 390 g/mol. The summed E-state index contributed by atoms with van der Waals surface area (Å²) in [6.45, 7) is 2.17. The van der Waals surface area contributed by atoms with Crippen LogP contribution in [0.2, 0.25) is 0 Å². The van der Waals surface area contributed by atoms with Crippen LogP contribution < -0.4 is 4.90 Å². The monoisotopic (exact) mass is 417 g/mol. The summed E-state index contributed by atoms with van der Waals surface area (Å²) in [5.74, 6) is 0.706. The summed E-state index contributed by atoms with van der Waals surface area (Å²) in [7, 11) is 0. The minimum Gasteiger partial charge on any atom is -0.467 e. The zero-order valence-electron chi connectivity index (χ0n) is 17.7. The second kappa shape index (κ2) is 8.10. The van der Waals surface area contributed by atoms with Gasteiger partial charge in [-0.05, 0) is 55.7 Å². The van der Waals surface area contributed by atoms with Gasteiger partial charge in [-0.15, -0.1) is 0 Å². The molecule has 2 amide bonds. The normalized spacial score (nSPS) is 17.2. The number of hydrogen-bond acceptors (Lipinski definition) is 3. The van der Waals surface area contributed by atoms with Crippen LogP contribution in [0.5, 0.6) is 0 Å². The molecule has 0 N–H and O–H groups in total. The van der Waals surface area contributed by atoms with Crippen LogP contribution >= 0.6 is 0 Å². The Morgan fingerprint density at radius 1 is 1.06 bits per heavy atom. The number of para-hydroxylation sites is 2. The first-order valence-corrected chi connectivity index (χ1v) is 11.1. The number of hydrogen-bond donors (Lipinski definition) is 0. The summed E-state index contributed by atoms with van der Waals surface area (Å²) < 4.78 is 7.88. The number of fused-ring (bicyclic) bond motifs is 3. The third-order valence-electron chi connectivity index (χ3n) is 6.16. The summed E-state index contributed by atoms with van der Waals surface area (Å²) in [4.78, 5) is 30.3. The van der Waals surface area contributed by atoms with Gasteiger partial charge in [0.15, 0.2) is 0 Å². The van der Waals surface area contributed by atoms with Crippen LogP contribution in [0.25, 0.3) is 5.69 Å². The third kappa shape index (κ3) is 3.56. The first-order chi connectivity index (χ1) is 15.2. The molecule has 5 rings (SSSR count). The molecule has 6 nitrogen and oxygen atoms in total. The highest BCUT2D eigenvalue weighted by Gasteiger charge is 2.40. The van der Waals surface area contributed by atoms with E-state index in [0.29, 0.717) is 12.2 Å². The number of aromatic nitrogens is 1. The van der Waals surface area contributed by atoms with Crippen molar-refractivity contribution >= 4 is 17.5 Å². The van der Waals surface area contributed by atoms with Gasteiger partial charge in [-0.25, -0.2) is 0 Å². The van der Waals surface area contributed by atoms with Crippen molar-refractivity contribution in [2.24, 2.45) is 0 Å². The number of nitrogens with zero attached hydrogens (tertiary/aromatic N) is 3. The molecule has 3 heterocycles. The molecular formula is C25H27N3O3. The molecule has 1 aliphatic carbocycles. The predicted octanol–water partition coefficient (Wildman–Crippen LogP) is 4.69. The van der Waals surface area contributed by atoms with E-state index < -0.39 is 0 Å². The third-order valence-corrected chi connectivity index (χ3v) is 6.16. The van der Waals surface area contributed by atoms with Crippen molar-refractivity contribution in [2.75, 3.05) is 11.4 Å². The number of unbranched alkanes of at least 4 members (excludes halogenated alkanes) is 1. The molecule has 1 unspecified atom stereocenters. The maximum Gasteiger partial charge on any atom is 0.247 e. The highest BCUT2D eigenvalue weighted by molar-refractivity contribution is 6.00. The molecule has 160 valence electrons. The maximum absolute atomic E-state index is 13.8. The quantitative estimate of drug-likeness (QED) is 0.560. The van der Waals surface area contributed by atoms with Crippen LogP contribution in [0, 0.1) is 0 Å². The number of furan rings is 1. The Kier molecular flexibility index (Phi) is 5.14. The van der Waals surface area contributed by atoms with Gasteiger partial charge in [0.2, 0.25) is 11.8 Å². The molecule has 1 aliphatic heterocycles. The number of rotatable bonds is 7. The lowest BCUT2D eigenvalue weighted by Gasteiger charge is -2.38. The minimum absolute atomic E-state index is 0.0842. The summed E-state index contributed by atoms with van der Waals surface area (Å²) >= 11 is 0. The van der Waals surface area contributed by atoms with E-state index in [2.05, 4.69) is 11.5 Å². The van der Waals surface area contributed by atoms with Crippen molar-refractivity contribution in [3.8, 4) is 5.69 Å². The van der Waals surface area contributed by atoms with E-state index >= 15 is 0 Å². The fourth-order valence-corrected chi connectivity index (χ4v) is 4.48. The van der Waals surface area contributed by atoms with E-state index in [1.54, 1.807) is 11.2 Å². The van der Waals surface area contributed by atoms with Gasteiger partial charge in [0.1, 0.15) is 18.3 Å². The van der Waals surface area contributed by atoms with Crippen LogP contribution in [-0.4, -0.2) is 33.9 Å². The summed E-state index contributed by atoms with van der Waals surface area (Å²) in [5, 5.41) is 0. The van der Waals surface area contributed by atoms with Crippen molar-refractivity contribution < 1.29 is 14.0 Å². The molecule has 0 radical (unpaired) electrons. The summed E-state index contributed by atoms with van der Waals surface area (Å²) in [6.07, 6.45) is 7.92. The van der Waals surface area contributed by atoms with E-state index in [1.807, 2.05) is 59.6 Å². The molecule has 1 aromatic carbocycles. The zero-order valence-corrected chi connectivity index (χ0v) is 17.7. The number of anilines is 1. The number of carbonyl (C=O) groups is 2. The largest absolute Gasteiger partial charge is 0.467 e. The first-order valence-electron chi connectivity index (χ1n) is 11.1. The highest BCUT2D eigenvalue weighted by Crippen LogP contribution is 2.42. The molecule has 1 fully saturated rings. The molecule has 2 aromatic heterocycles. The SMILES string of the molecule is CCCCC(=O)N(CC(=O)N1c2ccccc2-n2cccc2C1c1ccco1)C1CC1. The van der Waals surface area contributed by atoms with Gasteiger partial charge in [0, 0.05) is 18.7 Å². The van der Waals surface area contributed by atoms with E-state index in [1.165, 1.54) is 0 Å². The average Bonchev–Trinajstić information content (AvgIpc) is 3.26. The van der Waals surface area contributed by atoms with Gasteiger partial charge >= 0.3 is 0 Å². The van der Waals surface area contributed by atoms with Crippen molar-refractivity contribution in [2.45, 2.75) is 51.1 Å². The van der Waals surface area contributed by atoms with Gasteiger partial charge < -0.3 is 13.9 Å². The van der Waals surface area contributed by atoms with Crippen LogP contribution in [0.1, 0.15) is 56.5 Å². The Bertz CT molecular complexity index is 1080. The van der Waals surface area contributed by atoms with Gasteiger partial charge in [-0.3, -0.25) is 14.5 Å². The van der Waals surface area contributed by atoms with Crippen molar-refractivity contribution in [1.82, 2.24) is 9.47 Å². The van der Waals surface area contributed by atoms with Gasteiger partial charge in [-0.1, -0.05) is 25.5 Å². The van der Waals surface area contributed by atoms with E-state index in [9.17, 15) is 9.59 Å². The number of amides is 2. The summed E-state index contributed by atoms with van der Waals surface area (Å²) in [6, 6.07) is 15.5. The molecule has 0 spiro atoms. The lowest BCUT2D eigenvalue weighted by atomic mass is 10.0. The topological polar surface area (TPSA) is 58.7 Å². The fourth-order valence-electron chi connectivity index (χ4n) is 4.48. The molecule has 3 aromatic rings. The molecule has 0 saturated heterocycles. The van der Waals surface area contributed by atoms with Crippen molar-refractivity contribution in [3.05, 3.63) is 72.4 Å². The first kappa shape index (κ1) is 19.7. The number of benzene rings is 1. The number of carbonyl (C=O) groups excluding carboxylic acids is 2. The lowest BCUT2D eigenvalue weighted by molar-refractivity contribution is -0.136. The Balaban J connectivity index is 1.52. The second-order valence-corrected chi connectivity index (χ2v) is 8.33. The van der Waals surface area contributed by atoms with Crippen LogP contribution in [0.15, 0.2) is 65.4 Å². The predicted molar refractivity (Wildman–Crippen MR) is 118 cm³/mol. The smallest absolute Gasteiger partial charge is 0.247 e. The molecule has 1 saturated carbocycles. The molecule has 1 atom stereocenters. The van der Waals surface area contributed by atoms with Crippen molar-refractivity contribution in [1.29, 1.82) is 0 Å². The molecule has 2 aliphatic rings. The molecule has 6 heteroatoms. The standard InChI is InChI=1S/C25H27N3O3/c1-2-3-12-23(29)27(18-13-14-18)17-24(30)28-20-9-5-4-8-19(20)26-15-6-10-21(26)25(28)22-11-7-16-31-22/h4-11,15-16,18,25H,2-3,12-14,17H2,1H3. The maximum atomic E-state index is 13.8. The fraction of sp³-hybridized carbons (Fsp3) is 0.360. The molecule has 0 bridgehead atoms. The van der Waals surface area contributed by atoms with Crippen LogP contribution in [-0.2, 0) is 9.59 Å². The van der Waals surface area contributed by atoms with E-state index in [4.69, 9.17) is 4.42 Å². The van der Waals surface area contributed by atoms with Crippen LogP contribution in [0.3, 0.4) is 0 Å². The zero-order chi connectivity index (χ0) is 21.4. The Labute approximate surface area is 182 Å². The van der Waals surface area contributed by atoms with E-state index in [-0.39, 0.29) is 30.4 Å². The summed E-state index contributed by atoms with van der Waals surface area (Å²) in [5.41, 5.74) is 2.75. The van der Waals surface area contributed by atoms with Crippen molar-refractivity contribution in [3.63, 3.8) is 0 Å². The average molecular weight is 418 g/mol. The lowest BCUT2D eigenvalue weighted by Crippen LogP contribution is -2.47.